The van der Waals surface area contributed by atoms with E-state index < -0.39 is 11.9 Å². The van der Waals surface area contributed by atoms with Crippen molar-refractivity contribution in [2.24, 2.45) is 5.92 Å². The highest BCUT2D eigenvalue weighted by molar-refractivity contribution is 6.34. The second kappa shape index (κ2) is 8.32. The van der Waals surface area contributed by atoms with E-state index in [0.717, 1.165) is 30.5 Å². The molecule has 2 atom stereocenters. The van der Waals surface area contributed by atoms with Gasteiger partial charge in [-0.3, -0.25) is 14.6 Å². The molecule has 6 heteroatoms. The molecule has 1 heterocycles. The van der Waals surface area contributed by atoms with E-state index in [4.69, 9.17) is 11.6 Å². The number of nitrogens with zero attached hydrogens (tertiary/aromatic N) is 1. The van der Waals surface area contributed by atoms with Gasteiger partial charge in [-0.2, -0.15) is 0 Å². The summed E-state index contributed by atoms with van der Waals surface area (Å²) in [6, 6.07) is 10.4. The summed E-state index contributed by atoms with van der Waals surface area (Å²) in [5.41, 5.74) is 1.87. The molecule has 0 radical (unpaired) electrons. The van der Waals surface area contributed by atoms with Crippen molar-refractivity contribution in [3.05, 3.63) is 53.2 Å². The number of benzene rings is 1. The van der Waals surface area contributed by atoms with E-state index in [9.17, 15) is 14.7 Å². The van der Waals surface area contributed by atoms with Crippen molar-refractivity contribution in [1.29, 1.82) is 0 Å². The van der Waals surface area contributed by atoms with Gasteiger partial charge in [-0.1, -0.05) is 43.0 Å². The Labute approximate surface area is 157 Å². The van der Waals surface area contributed by atoms with E-state index in [1.165, 1.54) is 0 Å². The number of hydrogen-bond donors (Lipinski definition) is 2. The third-order valence-corrected chi connectivity index (χ3v) is 5.15. The van der Waals surface area contributed by atoms with Crippen molar-refractivity contribution in [3.8, 4) is 11.3 Å². The molecule has 1 amide bonds. The molecule has 136 valence electrons. The first-order valence-electron chi connectivity index (χ1n) is 8.81. The Kier molecular flexibility index (Phi) is 5.89. The van der Waals surface area contributed by atoms with E-state index in [2.05, 4.69) is 10.3 Å². The van der Waals surface area contributed by atoms with Gasteiger partial charge in [0.2, 0.25) is 0 Å². The molecule has 1 aromatic heterocycles. The van der Waals surface area contributed by atoms with Crippen LogP contribution in [0.4, 0.5) is 0 Å². The van der Waals surface area contributed by atoms with Crippen molar-refractivity contribution in [3.63, 3.8) is 0 Å². The quantitative estimate of drug-likeness (QED) is 0.789. The molecular weight excluding hydrogens is 352 g/mol. The van der Waals surface area contributed by atoms with Crippen LogP contribution < -0.4 is 5.32 Å². The lowest BCUT2D eigenvalue weighted by Crippen LogP contribution is -2.42. The number of carbonyl (C=O) groups is 2. The molecule has 0 aliphatic heterocycles. The lowest BCUT2D eigenvalue weighted by Gasteiger charge is -2.23. The molecule has 0 unspecified atom stereocenters. The summed E-state index contributed by atoms with van der Waals surface area (Å²) in [5.74, 6) is -1.75. The molecule has 3 rings (SSSR count). The summed E-state index contributed by atoms with van der Waals surface area (Å²) in [5, 5.41) is 12.7. The largest absolute Gasteiger partial charge is 0.481 e. The van der Waals surface area contributed by atoms with Crippen LogP contribution in [-0.4, -0.2) is 28.0 Å². The maximum Gasteiger partial charge on any atom is 0.308 e. The fourth-order valence-corrected chi connectivity index (χ4v) is 3.62. The van der Waals surface area contributed by atoms with Crippen molar-refractivity contribution >= 4 is 23.5 Å². The summed E-state index contributed by atoms with van der Waals surface area (Å²) in [4.78, 5) is 28.6. The molecule has 2 aromatic rings. The summed E-state index contributed by atoms with van der Waals surface area (Å²) in [6.07, 6.45) is 5.72. The van der Waals surface area contributed by atoms with Crippen LogP contribution in [0.25, 0.3) is 11.3 Å². The number of pyridine rings is 1. The topological polar surface area (TPSA) is 79.3 Å². The lowest BCUT2D eigenvalue weighted by atomic mass is 9.94. The predicted octanol–water partition coefficient (Wildman–Crippen LogP) is 4.17. The van der Waals surface area contributed by atoms with Crippen LogP contribution in [0.3, 0.4) is 0 Å². The molecule has 0 spiro atoms. The van der Waals surface area contributed by atoms with Gasteiger partial charge in [0, 0.05) is 17.8 Å². The number of halogens is 1. The van der Waals surface area contributed by atoms with E-state index >= 15 is 0 Å². The Morgan fingerprint density at radius 3 is 2.65 bits per heavy atom. The Morgan fingerprint density at radius 2 is 1.92 bits per heavy atom. The van der Waals surface area contributed by atoms with Gasteiger partial charge >= 0.3 is 5.97 Å². The zero-order valence-electron chi connectivity index (χ0n) is 14.3. The fourth-order valence-electron chi connectivity index (χ4n) is 3.41. The molecular formula is C20H21ClN2O3. The Balaban J connectivity index is 1.83. The molecule has 1 aromatic carbocycles. The van der Waals surface area contributed by atoms with Gasteiger partial charge in [-0.25, -0.2) is 0 Å². The normalized spacial score (nSPS) is 20.2. The molecule has 1 fully saturated rings. The van der Waals surface area contributed by atoms with E-state index in [0.29, 0.717) is 23.4 Å². The zero-order valence-corrected chi connectivity index (χ0v) is 15.1. The van der Waals surface area contributed by atoms with Crippen LogP contribution in [0.5, 0.6) is 0 Å². The minimum atomic E-state index is -0.856. The molecule has 0 bridgehead atoms. The first-order chi connectivity index (χ1) is 12.6. The highest BCUT2D eigenvalue weighted by Gasteiger charge is 2.31. The number of amides is 1. The number of carboxylic acids is 1. The fraction of sp³-hybridized carbons (Fsp3) is 0.350. The molecule has 2 N–H and O–H groups in total. The van der Waals surface area contributed by atoms with Crippen LogP contribution in [0.2, 0.25) is 5.02 Å². The van der Waals surface area contributed by atoms with Crippen LogP contribution in [0, 0.1) is 5.92 Å². The Hall–Kier alpha value is -2.40. The SMILES string of the molecule is O=C(N[C@H]1CCCCC[C@H]1C(=O)O)c1cc(-c2ccccn2)ccc1Cl. The van der Waals surface area contributed by atoms with Crippen molar-refractivity contribution < 1.29 is 14.7 Å². The number of carboxylic acid groups (broad SMARTS) is 1. The van der Waals surface area contributed by atoms with Crippen LogP contribution in [-0.2, 0) is 4.79 Å². The van der Waals surface area contributed by atoms with Gasteiger partial charge in [0.05, 0.1) is 22.2 Å². The van der Waals surface area contributed by atoms with Crippen molar-refractivity contribution in [1.82, 2.24) is 10.3 Å². The number of rotatable bonds is 4. The van der Waals surface area contributed by atoms with Gasteiger partial charge in [0.15, 0.2) is 0 Å². The second-order valence-electron chi connectivity index (χ2n) is 6.57. The summed E-state index contributed by atoms with van der Waals surface area (Å²) in [7, 11) is 0. The maximum absolute atomic E-state index is 12.8. The highest BCUT2D eigenvalue weighted by Crippen LogP contribution is 2.27. The second-order valence-corrected chi connectivity index (χ2v) is 6.98. The maximum atomic E-state index is 12.8. The van der Waals surface area contributed by atoms with Gasteiger partial charge in [0.25, 0.3) is 5.91 Å². The van der Waals surface area contributed by atoms with Crippen LogP contribution in [0.1, 0.15) is 42.5 Å². The minimum Gasteiger partial charge on any atom is -0.481 e. The smallest absolute Gasteiger partial charge is 0.308 e. The van der Waals surface area contributed by atoms with Crippen LogP contribution >= 0.6 is 11.6 Å². The summed E-state index contributed by atoms with van der Waals surface area (Å²) in [6.45, 7) is 0. The van der Waals surface area contributed by atoms with Crippen molar-refractivity contribution in [2.75, 3.05) is 0 Å². The number of hydrogen-bond acceptors (Lipinski definition) is 3. The number of nitrogens with one attached hydrogen (secondary N) is 1. The minimum absolute atomic E-state index is 0.336. The predicted molar refractivity (Wildman–Crippen MR) is 100 cm³/mol. The molecule has 26 heavy (non-hydrogen) atoms. The van der Waals surface area contributed by atoms with E-state index in [-0.39, 0.29) is 11.9 Å². The molecule has 1 aliphatic rings. The van der Waals surface area contributed by atoms with Gasteiger partial charge < -0.3 is 10.4 Å². The lowest BCUT2D eigenvalue weighted by molar-refractivity contribution is -0.142. The van der Waals surface area contributed by atoms with Gasteiger partial charge in [-0.15, -0.1) is 0 Å². The first kappa shape index (κ1) is 18.4. The standard InChI is InChI=1S/C20H21ClN2O3/c21-16-10-9-13(17-7-4-5-11-22-17)12-15(16)19(24)23-18-8-3-1-2-6-14(18)20(25)26/h4-5,7,9-12,14,18H,1-3,6,8H2,(H,23,24)(H,25,26)/t14-,18+/m1/s1. The average Bonchev–Trinajstić information content (AvgIpc) is 2.88. The Bertz CT molecular complexity index is 795. The van der Waals surface area contributed by atoms with Gasteiger partial charge in [0.1, 0.15) is 0 Å². The Morgan fingerprint density at radius 1 is 1.12 bits per heavy atom. The third kappa shape index (κ3) is 4.22. The number of carbonyl (C=O) groups excluding carboxylic acids is 1. The van der Waals surface area contributed by atoms with Gasteiger partial charge in [-0.05, 0) is 37.1 Å². The summed E-state index contributed by atoms with van der Waals surface area (Å²) < 4.78 is 0. The summed E-state index contributed by atoms with van der Waals surface area (Å²) >= 11 is 6.23. The molecule has 0 saturated heterocycles. The molecule has 1 aliphatic carbocycles. The van der Waals surface area contributed by atoms with E-state index in [1.54, 1.807) is 18.3 Å². The van der Waals surface area contributed by atoms with Crippen molar-refractivity contribution in [2.45, 2.75) is 38.1 Å². The highest BCUT2D eigenvalue weighted by atomic mass is 35.5. The number of aliphatic carboxylic acids is 1. The van der Waals surface area contributed by atoms with Crippen LogP contribution in [0.15, 0.2) is 42.6 Å². The number of aromatic nitrogens is 1. The third-order valence-electron chi connectivity index (χ3n) is 4.82. The molecule has 5 nitrogen and oxygen atoms in total. The molecule has 1 saturated carbocycles. The monoisotopic (exact) mass is 372 g/mol. The zero-order chi connectivity index (χ0) is 18.5. The average molecular weight is 373 g/mol. The first-order valence-corrected chi connectivity index (χ1v) is 9.18. The van der Waals surface area contributed by atoms with E-state index in [1.807, 2.05) is 24.3 Å².